The zero-order valence-corrected chi connectivity index (χ0v) is 19.7. The highest BCUT2D eigenvalue weighted by Crippen LogP contribution is 2.27. The molecule has 1 aliphatic heterocycles. The molecule has 174 valence electrons. The number of piperazine rings is 1. The van der Waals surface area contributed by atoms with Crippen molar-refractivity contribution in [2.45, 2.75) is 17.5 Å². The van der Waals surface area contributed by atoms with Crippen molar-refractivity contribution >= 4 is 29.7 Å². The second kappa shape index (κ2) is 11.6. The van der Waals surface area contributed by atoms with Gasteiger partial charge >= 0.3 is 0 Å². The van der Waals surface area contributed by atoms with Crippen molar-refractivity contribution in [1.29, 1.82) is 0 Å². The molecule has 0 aliphatic carbocycles. The van der Waals surface area contributed by atoms with Crippen LogP contribution in [0, 0.1) is 11.6 Å². The van der Waals surface area contributed by atoms with Crippen LogP contribution in [0.3, 0.4) is 0 Å². The van der Waals surface area contributed by atoms with Gasteiger partial charge in [0, 0.05) is 74.6 Å². The number of hydrogen-bond acceptors (Lipinski definition) is 9. The summed E-state index contributed by atoms with van der Waals surface area (Å²) in [7, 11) is 1.53. The van der Waals surface area contributed by atoms with Crippen molar-refractivity contribution in [3.8, 4) is 5.88 Å². The smallest absolute Gasteiger partial charge is 0.219 e. The minimum absolute atomic E-state index is 0.211. The lowest BCUT2D eigenvalue weighted by Gasteiger charge is -2.33. The molecule has 1 N–H and O–H groups in total. The number of anilines is 1. The van der Waals surface area contributed by atoms with Crippen LogP contribution in [0.1, 0.15) is 11.1 Å². The van der Waals surface area contributed by atoms with Crippen LogP contribution in [0.4, 0.5) is 14.6 Å². The quantitative estimate of drug-likeness (QED) is 0.269. The molecule has 11 heteroatoms. The van der Waals surface area contributed by atoms with Crippen LogP contribution in [0.2, 0.25) is 0 Å². The van der Waals surface area contributed by atoms with E-state index >= 15 is 0 Å². The van der Waals surface area contributed by atoms with E-state index in [9.17, 15) is 8.78 Å². The number of nitrogens with one attached hydrogen (secondary N) is 1. The summed E-state index contributed by atoms with van der Waals surface area (Å²) in [4.78, 5) is 15.3. The number of halogens is 2. The fraction of sp³-hybridized carbons (Fsp3) is 0.318. The summed E-state index contributed by atoms with van der Waals surface area (Å²) in [5.74, 6) is -0.502. The molecule has 1 aliphatic rings. The predicted octanol–water partition coefficient (Wildman–Crippen LogP) is 4.24. The second-order valence-electron chi connectivity index (χ2n) is 7.33. The van der Waals surface area contributed by atoms with Crippen molar-refractivity contribution in [2.75, 3.05) is 38.0 Å². The third kappa shape index (κ3) is 6.76. The Morgan fingerprint density at radius 2 is 1.85 bits per heavy atom. The molecule has 33 heavy (non-hydrogen) atoms. The SMILES string of the molecule is COc1cc(NSN2CCN(Cc3ccncc3)CC2)nc(SCc2cccc(F)c2F)n1. The average Bonchev–Trinajstić information content (AvgIpc) is 2.85. The Morgan fingerprint density at radius 3 is 2.61 bits per heavy atom. The van der Waals surface area contributed by atoms with Crippen molar-refractivity contribution in [3.05, 3.63) is 71.6 Å². The van der Waals surface area contributed by atoms with Crippen molar-refractivity contribution < 1.29 is 13.5 Å². The number of benzene rings is 1. The molecule has 7 nitrogen and oxygen atoms in total. The largest absolute Gasteiger partial charge is 0.481 e. The molecule has 0 radical (unpaired) electrons. The monoisotopic (exact) mass is 490 g/mol. The number of nitrogens with zero attached hydrogens (tertiary/aromatic N) is 5. The van der Waals surface area contributed by atoms with E-state index in [4.69, 9.17) is 4.74 Å². The Hall–Kier alpha value is -2.47. The van der Waals surface area contributed by atoms with Gasteiger partial charge < -0.3 is 9.46 Å². The van der Waals surface area contributed by atoms with Gasteiger partial charge in [-0.2, -0.15) is 4.98 Å². The molecule has 0 spiro atoms. The van der Waals surface area contributed by atoms with Gasteiger partial charge in [-0.05, 0) is 23.8 Å². The Morgan fingerprint density at radius 1 is 1.06 bits per heavy atom. The fourth-order valence-corrected chi connectivity index (χ4v) is 4.76. The van der Waals surface area contributed by atoms with Crippen LogP contribution >= 0.6 is 23.9 Å². The predicted molar refractivity (Wildman–Crippen MR) is 127 cm³/mol. The first-order valence-electron chi connectivity index (χ1n) is 10.4. The summed E-state index contributed by atoms with van der Waals surface area (Å²) in [6, 6.07) is 9.94. The molecular weight excluding hydrogens is 466 g/mol. The summed E-state index contributed by atoms with van der Waals surface area (Å²) in [6.45, 7) is 4.66. The first-order chi connectivity index (χ1) is 16.1. The van der Waals surface area contributed by atoms with E-state index in [-0.39, 0.29) is 11.3 Å². The van der Waals surface area contributed by atoms with Crippen molar-refractivity contribution in [2.24, 2.45) is 0 Å². The second-order valence-corrected chi connectivity index (χ2v) is 9.18. The van der Waals surface area contributed by atoms with Crippen molar-refractivity contribution in [3.63, 3.8) is 0 Å². The third-order valence-electron chi connectivity index (χ3n) is 5.05. The molecule has 4 rings (SSSR count). The maximum atomic E-state index is 13.9. The first kappa shape index (κ1) is 23.7. The number of ether oxygens (including phenoxy) is 1. The molecule has 2 aromatic heterocycles. The van der Waals surface area contributed by atoms with Gasteiger partial charge in [0.25, 0.3) is 0 Å². The molecule has 1 aromatic carbocycles. The van der Waals surface area contributed by atoms with Gasteiger partial charge in [-0.15, -0.1) is 0 Å². The lowest BCUT2D eigenvalue weighted by atomic mass is 10.2. The number of thioether (sulfide) groups is 1. The van der Waals surface area contributed by atoms with Crippen molar-refractivity contribution in [1.82, 2.24) is 24.2 Å². The minimum Gasteiger partial charge on any atom is -0.481 e. The Kier molecular flexibility index (Phi) is 8.32. The van der Waals surface area contributed by atoms with Gasteiger partial charge in [-0.3, -0.25) is 9.88 Å². The topological polar surface area (TPSA) is 66.4 Å². The summed E-state index contributed by atoms with van der Waals surface area (Å²) in [5, 5.41) is 0.420. The molecular formula is C22H24F2N6OS2. The highest BCUT2D eigenvalue weighted by molar-refractivity contribution is 7.98. The highest BCUT2D eigenvalue weighted by atomic mass is 32.2. The van der Waals surface area contributed by atoms with E-state index < -0.39 is 11.6 Å². The lowest BCUT2D eigenvalue weighted by Crippen LogP contribution is -2.43. The maximum absolute atomic E-state index is 13.9. The molecule has 3 aromatic rings. The molecule has 0 atom stereocenters. The third-order valence-corrected chi connectivity index (χ3v) is 6.87. The minimum atomic E-state index is -0.862. The van der Waals surface area contributed by atoms with Gasteiger partial charge in [0.15, 0.2) is 16.8 Å². The van der Waals surface area contributed by atoms with Gasteiger partial charge in [-0.25, -0.2) is 18.1 Å². The standard InChI is InChI=1S/C22H24F2N6OS2/c1-31-20-13-19(26-22(27-20)32-15-17-3-2-4-18(23)21(17)24)28-33-30-11-9-29(10-12-30)14-16-5-7-25-8-6-16/h2-8,13H,9-12,14-15H2,1H3,(H,26,27,28). The molecule has 0 bridgehead atoms. The average molecular weight is 491 g/mol. The Balaban J connectivity index is 1.29. The van der Waals surface area contributed by atoms with E-state index in [0.29, 0.717) is 16.9 Å². The van der Waals surface area contributed by atoms with Crippen LogP contribution in [-0.2, 0) is 12.3 Å². The molecule has 0 unspecified atom stereocenters. The van der Waals surface area contributed by atoms with Crippen LogP contribution in [-0.4, -0.2) is 57.4 Å². The molecule has 0 saturated carbocycles. The number of rotatable bonds is 9. The van der Waals surface area contributed by atoms with E-state index in [1.54, 1.807) is 12.1 Å². The number of aromatic nitrogens is 3. The first-order valence-corrected chi connectivity index (χ1v) is 12.1. The van der Waals surface area contributed by atoms with Gasteiger partial charge in [0.2, 0.25) is 5.88 Å². The van der Waals surface area contributed by atoms with Gasteiger partial charge in [0.1, 0.15) is 5.82 Å². The maximum Gasteiger partial charge on any atom is 0.219 e. The number of hydrogen-bond donors (Lipinski definition) is 1. The van der Waals surface area contributed by atoms with E-state index in [0.717, 1.165) is 38.8 Å². The Bertz CT molecular complexity index is 1050. The lowest BCUT2D eigenvalue weighted by molar-refractivity contribution is 0.189. The summed E-state index contributed by atoms with van der Waals surface area (Å²) >= 11 is 2.71. The van der Waals surface area contributed by atoms with E-state index in [1.807, 2.05) is 24.5 Å². The number of pyridine rings is 1. The molecule has 1 fully saturated rings. The zero-order valence-electron chi connectivity index (χ0n) is 18.1. The summed E-state index contributed by atoms with van der Waals surface area (Å²) in [6.07, 6.45) is 3.64. The fourth-order valence-electron chi connectivity index (χ4n) is 3.26. The van der Waals surface area contributed by atoms with Gasteiger partial charge in [0.05, 0.1) is 7.11 Å². The van der Waals surface area contributed by atoms with Gasteiger partial charge in [-0.1, -0.05) is 23.9 Å². The molecule has 0 amide bonds. The van der Waals surface area contributed by atoms with Crippen LogP contribution in [0.15, 0.2) is 53.9 Å². The summed E-state index contributed by atoms with van der Waals surface area (Å²) < 4.78 is 38.1. The van der Waals surface area contributed by atoms with Crippen LogP contribution < -0.4 is 9.46 Å². The number of methoxy groups -OCH3 is 1. The highest BCUT2D eigenvalue weighted by Gasteiger charge is 2.18. The summed E-state index contributed by atoms with van der Waals surface area (Å²) in [5.41, 5.74) is 1.53. The van der Waals surface area contributed by atoms with Crippen LogP contribution in [0.5, 0.6) is 5.88 Å². The zero-order chi connectivity index (χ0) is 23.0. The van der Waals surface area contributed by atoms with E-state index in [2.05, 4.69) is 28.9 Å². The van der Waals surface area contributed by atoms with E-state index in [1.165, 1.54) is 42.6 Å². The Labute approximate surface area is 200 Å². The normalized spacial score (nSPS) is 14.9. The van der Waals surface area contributed by atoms with Crippen LogP contribution in [0.25, 0.3) is 0 Å². The molecule has 3 heterocycles. The molecule has 1 saturated heterocycles.